The molecule has 1 fully saturated rings. The van der Waals surface area contributed by atoms with Gasteiger partial charge in [0.15, 0.2) is 0 Å². The van der Waals surface area contributed by atoms with E-state index in [4.69, 9.17) is 10.5 Å². The summed E-state index contributed by atoms with van der Waals surface area (Å²) in [7, 11) is 0. The summed E-state index contributed by atoms with van der Waals surface area (Å²) in [6, 6.07) is 3.33. The van der Waals surface area contributed by atoms with Crippen molar-refractivity contribution in [3.05, 3.63) is 28.8 Å². The van der Waals surface area contributed by atoms with Gasteiger partial charge in [-0.1, -0.05) is 0 Å². The first kappa shape index (κ1) is 16.3. The van der Waals surface area contributed by atoms with Gasteiger partial charge >= 0.3 is 12.2 Å². The Kier molecular flexibility index (Phi) is 3.54. The third-order valence-electron chi connectivity index (χ3n) is 3.28. The number of imide groups is 1. The number of anilines is 1. The third-order valence-corrected chi connectivity index (χ3v) is 3.28. The van der Waals surface area contributed by atoms with Crippen LogP contribution < -0.4 is 10.2 Å². The van der Waals surface area contributed by atoms with Crippen LogP contribution in [-0.2, 0) is 11.0 Å². The first-order valence-corrected chi connectivity index (χ1v) is 6.25. The van der Waals surface area contributed by atoms with E-state index in [2.05, 4.69) is 5.32 Å². The molecule has 0 radical (unpaired) electrons. The number of benzene rings is 1. The Hall–Kier alpha value is -3.07. The summed E-state index contributed by atoms with van der Waals surface area (Å²) >= 11 is 0. The van der Waals surface area contributed by atoms with Crippen LogP contribution in [0.4, 0.5) is 23.7 Å². The summed E-state index contributed by atoms with van der Waals surface area (Å²) in [6.07, 6.45) is -4.92. The molecular formula is C14H9F3N4O2. The number of amides is 3. The van der Waals surface area contributed by atoms with Crippen molar-refractivity contribution in [2.75, 3.05) is 4.90 Å². The van der Waals surface area contributed by atoms with Gasteiger partial charge in [-0.05, 0) is 26.0 Å². The number of halogens is 3. The molecule has 1 aliphatic rings. The second-order valence-corrected chi connectivity index (χ2v) is 5.33. The number of nitrogens with one attached hydrogen (secondary N) is 1. The number of hydrogen-bond acceptors (Lipinski definition) is 4. The largest absolute Gasteiger partial charge is 0.417 e. The lowest BCUT2D eigenvalue weighted by molar-refractivity contribution is -0.137. The lowest BCUT2D eigenvalue weighted by Crippen LogP contribution is -2.40. The topological polar surface area (TPSA) is 97.0 Å². The number of carbonyl (C=O) groups is 2. The fourth-order valence-electron chi connectivity index (χ4n) is 2.17. The molecule has 6 nitrogen and oxygen atoms in total. The average Bonchev–Trinajstić information content (AvgIpc) is 2.64. The highest BCUT2D eigenvalue weighted by Gasteiger charge is 2.46. The monoisotopic (exact) mass is 322 g/mol. The molecular weight excluding hydrogens is 313 g/mol. The smallest absolute Gasteiger partial charge is 0.323 e. The zero-order valence-corrected chi connectivity index (χ0v) is 11.9. The van der Waals surface area contributed by atoms with E-state index in [0.717, 1.165) is 6.07 Å². The van der Waals surface area contributed by atoms with E-state index in [9.17, 15) is 22.8 Å². The molecule has 3 amide bonds. The number of nitriles is 2. The van der Waals surface area contributed by atoms with Crippen LogP contribution in [0.1, 0.15) is 30.5 Å². The van der Waals surface area contributed by atoms with Crippen molar-refractivity contribution in [3.8, 4) is 12.1 Å². The van der Waals surface area contributed by atoms with Gasteiger partial charge < -0.3 is 5.32 Å². The molecule has 0 aromatic heterocycles. The van der Waals surface area contributed by atoms with Gasteiger partial charge in [0, 0.05) is 0 Å². The third kappa shape index (κ3) is 2.57. The lowest BCUT2D eigenvalue weighted by atomic mass is 10.00. The highest BCUT2D eigenvalue weighted by Crippen LogP contribution is 2.37. The molecule has 1 heterocycles. The number of rotatable bonds is 1. The molecule has 2 rings (SSSR count). The zero-order chi connectivity index (χ0) is 17.6. The minimum atomic E-state index is -4.92. The van der Waals surface area contributed by atoms with Crippen molar-refractivity contribution in [1.82, 2.24) is 5.32 Å². The zero-order valence-electron chi connectivity index (χ0n) is 11.9. The van der Waals surface area contributed by atoms with E-state index in [1.165, 1.54) is 26.0 Å². The Morgan fingerprint density at radius 3 is 2.17 bits per heavy atom. The molecule has 9 heteroatoms. The molecule has 1 aliphatic heterocycles. The van der Waals surface area contributed by atoms with Crippen molar-refractivity contribution in [3.63, 3.8) is 0 Å². The van der Waals surface area contributed by atoms with E-state index >= 15 is 0 Å². The van der Waals surface area contributed by atoms with Crippen molar-refractivity contribution < 1.29 is 22.8 Å². The second kappa shape index (κ2) is 4.99. The van der Waals surface area contributed by atoms with Crippen LogP contribution in [-0.4, -0.2) is 17.5 Å². The predicted molar refractivity (Wildman–Crippen MR) is 71.0 cm³/mol. The second-order valence-electron chi connectivity index (χ2n) is 5.33. The van der Waals surface area contributed by atoms with Gasteiger partial charge in [-0.15, -0.1) is 0 Å². The highest BCUT2D eigenvalue weighted by atomic mass is 19.4. The lowest BCUT2D eigenvalue weighted by Gasteiger charge is -2.18. The van der Waals surface area contributed by atoms with Gasteiger partial charge in [0.25, 0.3) is 5.91 Å². The van der Waals surface area contributed by atoms with Gasteiger partial charge in [-0.25, -0.2) is 9.69 Å². The summed E-state index contributed by atoms with van der Waals surface area (Å²) in [5, 5.41) is 20.2. The number of nitrogens with zero attached hydrogens (tertiary/aromatic N) is 3. The van der Waals surface area contributed by atoms with Crippen LogP contribution in [0.2, 0.25) is 0 Å². The Bertz CT molecular complexity index is 800. The minimum Gasteiger partial charge on any atom is -0.323 e. The maximum absolute atomic E-state index is 13.1. The molecule has 118 valence electrons. The number of urea groups is 1. The van der Waals surface area contributed by atoms with E-state index in [0.29, 0.717) is 11.0 Å². The summed E-state index contributed by atoms with van der Waals surface area (Å²) in [5.74, 6) is -0.760. The molecule has 0 spiro atoms. The molecule has 0 bridgehead atoms. The Morgan fingerprint density at radius 2 is 1.78 bits per heavy atom. The molecule has 0 saturated carbocycles. The number of alkyl halides is 3. The molecule has 0 aliphatic carbocycles. The van der Waals surface area contributed by atoms with Crippen molar-refractivity contribution in [2.45, 2.75) is 25.6 Å². The van der Waals surface area contributed by atoms with Crippen LogP contribution in [0, 0.1) is 22.7 Å². The van der Waals surface area contributed by atoms with E-state index in [1.807, 2.05) is 0 Å². The number of hydrogen-bond donors (Lipinski definition) is 1. The average molecular weight is 322 g/mol. The molecule has 23 heavy (non-hydrogen) atoms. The maximum Gasteiger partial charge on any atom is 0.417 e. The van der Waals surface area contributed by atoms with Gasteiger partial charge in [0.1, 0.15) is 17.7 Å². The Balaban J connectivity index is 2.72. The van der Waals surface area contributed by atoms with Crippen LogP contribution >= 0.6 is 0 Å². The van der Waals surface area contributed by atoms with Crippen LogP contribution in [0.25, 0.3) is 0 Å². The van der Waals surface area contributed by atoms with Crippen molar-refractivity contribution in [2.24, 2.45) is 0 Å². The molecule has 1 aromatic carbocycles. The summed E-state index contributed by atoms with van der Waals surface area (Å²) in [4.78, 5) is 24.6. The van der Waals surface area contributed by atoms with Crippen LogP contribution in [0.5, 0.6) is 0 Å². The van der Waals surface area contributed by atoms with E-state index in [-0.39, 0.29) is 0 Å². The van der Waals surface area contributed by atoms with Crippen molar-refractivity contribution in [1.29, 1.82) is 10.5 Å². The van der Waals surface area contributed by atoms with E-state index in [1.54, 1.807) is 0 Å². The maximum atomic E-state index is 13.1. The van der Waals surface area contributed by atoms with Crippen LogP contribution in [0.3, 0.4) is 0 Å². The fourth-order valence-corrected chi connectivity index (χ4v) is 2.17. The SMILES string of the molecule is CC1(C)NC(=O)N(c2cc(C#N)c(C#N)c(C(F)(F)F)c2)C1=O. The quantitative estimate of drug-likeness (QED) is 0.802. The Labute approximate surface area is 128 Å². The number of carbonyl (C=O) groups excluding carboxylic acids is 2. The molecule has 1 N–H and O–H groups in total. The standard InChI is InChI=1S/C14H9F3N4O2/c1-13(2)11(22)21(12(23)20-13)8-3-7(5-18)9(6-19)10(4-8)14(15,16)17/h3-4H,1-2H3,(H,20,23). The summed E-state index contributed by atoms with van der Waals surface area (Å²) in [6.45, 7) is 2.79. The van der Waals surface area contributed by atoms with Gasteiger partial charge in [-0.2, -0.15) is 23.7 Å². The van der Waals surface area contributed by atoms with Gasteiger partial charge in [0.05, 0.1) is 22.4 Å². The summed E-state index contributed by atoms with van der Waals surface area (Å²) in [5.41, 5.74) is -4.49. The molecule has 1 aromatic rings. The Morgan fingerprint density at radius 1 is 1.17 bits per heavy atom. The highest BCUT2D eigenvalue weighted by molar-refractivity contribution is 6.23. The molecule has 0 unspecified atom stereocenters. The normalized spacial score (nSPS) is 16.7. The molecule has 0 atom stereocenters. The molecule has 1 saturated heterocycles. The predicted octanol–water partition coefficient (Wildman–Crippen LogP) is 2.28. The van der Waals surface area contributed by atoms with Gasteiger partial charge in [0.2, 0.25) is 0 Å². The fraction of sp³-hybridized carbons (Fsp3) is 0.286. The van der Waals surface area contributed by atoms with E-state index < -0.39 is 46.0 Å². The van der Waals surface area contributed by atoms with Crippen LogP contribution in [0.15, 0.2) is 12.1 Å². The minimum absolute atomic E-state index is 0.416. The van der Waals surface area contributed by atoms with Crippen molar-refractivity contribution >= 4 is 17.6 Å². The first-order valence-electron chi connectivity index (χ1n) is 6.25. The van der Waals surface area contributed by atoms with Gasteiger partial charge in [-0.3, -0.25) is 4.79 Å². The first-order chi connectivity index (χ1) is 10.5. The summed E-state index contributed by atoms with van der Waals surface area (Å²) < 4.78 is 39.3.